The van der Waals surface area contributed by atoms with Gasteiger partial charge in [0, 0.05) is 44.0 Å². The van der Waals surface area contributed by atoms with E-state index in [4.69, 9.17) is 9.15 Å². The number of nitrogens with one attached hydrogen (secondary N) is 2. The van der Waals surface area contributed by atoms with E-state index in [0.717, 1.165) is 29.7 Å². The first kappa shape index (κ1) is 25.2. The average molecular weight is 508 g/mol. The Kier molecular flexibility index (Phi) is 7.68. The van der Waals surface area contributed by atoms with E-state index >= 15 is 0 Å². The highest BCUT2D eigenvalue weighted by Gasteiger charge is 2.26. The third-order valence-corrected chi connectivity index (χ3v) is 6.96. The number of amides is 1. The number of β-amino-alcohol motifs (C(OH)–C–C–N with tert-alkyl or cyclic N) is 2. The minimum Gasteiger partial charge on any atom is -0.486 e. The maximum Gasteiger partial charge on any atom is 0.251 e. The Labute approximate surface area is 215 Å². The van der Waals surface area contributed by atoms with Gasteiger partial charge < -0.3 is 30.0 Å². The number of rotatable bonds is 10. The molecule has 0 radical (unpaired) electrons. The molecule has 0 spiro atoms. The van der Waals surface area contributed by atoms with Crippen molar-refractivity contribution in [1.82, 2.24) is 20.2 Å². The molecule has 0 bridgehead atoms. The van der Waals surface area contributed by atoms with Gasteiger partial charge in [0.05, 0.1) is 17.9 Å². The van der Waals surface area contributed by atoms with E-state index in [0.29, 0.717) is 48.6 Å². The van der Waals surface area contributed by atoms with Gasteiger partial charge in [-0.15, -0.1) is 0 Å². The van der Waals surface area contributed by atoms with Crippen LogP contribution in [0.2, 0.25) is 0 Å². The van der Waals surface area contributed by atoms with Crippen molar-refractivity contribution in [2.45, 2.75) is 57.6 Å². The zero-order chi connectivity index (χ0) is 25.8. The second kappa shape index (κ2) is 11.3. The molecular formula is C27H33N5O5. The predicted octanol–water partition coefficient (Wildman–Crippen LogP) is 2.56. The van der Waals surface area contributed by atoms with Crippen LogP contribution in [0.25, 0.3) is 0 Å². The summed E-state index contributed by atoms with van der Waals surface area (Å²) in [5.41, 5.74) is 3.08. The number of carbonyl (C=O) groups is 1. The Morgan fingerprint density at radius 3 is 2.89 bits per heavy atom. The number of aliphatic hydroxyl groups is 2. The van der Waals surface area contributed by atoms with Gasteiger partial charge >= 0.3 is 0 Å². The summed E-state index contributed by atoms with van der Waals surface area (Å²) >= 11 is 0. The number of anilines is 1. The average Bonchev–Trinajstić information content (AvgIpc) is 3.28. The standard InChI is InChI=1S/C27H33N5O5/c1-17-25(37-16-30-17)15-36-22-6-5-19-12-32(14-24(34)23(19)10-22)13-21(33)11-29-27(35)18-7-8-28-26(9-18)31-20-3-2-4-20/h5-10,16,20-21,24,33-34H,2-4,11-15H2,1H3,(H,28,31)(H,29,35)/t21-,24+/m0/s1. The fourth-order valence-corrected chi connectivity index (χ4v) is 4.61. The Bertz CT molecular complexity index is 1230. The number of fused-ring (bicyclic) bond motifs is 1. The molecule has 0 saturated heterocycles. The molecule has 2 aromatic heterocycles. The normalized spacial score (nSPS) is 18.5. The number of aromatic nitrogens is 2. The van der Waals surface area contributed by atoms with Crippen molar-refractivity contribution in [3.63, 3.8) is 0 Å². The van der Waals surface area contributed by atoms with Crippen molar-refractivity contribution >= 4 is 11.7 Å². The molecule has 0 unspecified atom stereocenters. The lowest BCUT2D eigenvalue weighted by Crippen LogP contribution is -2.43. The van der Waals surface area contributed by atoms with Crippen LogP contribution in [0, 0.1) is 6.92 Å². The summed E-state index contributed by atoms with van der Waals surface area (Å²) < 4.78 is 11.1. The largest absolute Gasteiger partial charge is 0.486 e. The Morgan fingerprint density at radius 1 is 1.27 bits per heavy atom. The first-order valence-corrected chi connectivity index (χ1v) is 12.7. The summed E-state index contributed by atoms with van der Waals surface area (Å²) in [6.45, 7) is 3.52. The summed E-state index contributed by atoms with van der Waals surface area (Å²) in [6.07, 6.45) is 4.98. The first-order chi connectivity index (χ1) is 17.9. The van der Waals surface area contributed by atoms with Gasteiger partial charge in [-0.05, 0) is 61.6 Å². The number of carbonyl (C=O) groups excluding carboxylic acids is 1. The molecule has 10 heteroatoms. The number of oxazole rings is 1. The number of nitrogens with zero attached hydrogens (tertiary/aromatic N) is 3. The molecule has 196 valence electrons. The van der Waals surface area contributed by atoms with Gasteiger partial charge in [0.2, 0.25) is 0 Å². The first-order valence-electron chi connectivity index (χ1n) is 12.7. The molecular weight excluding hydrogens is 474 g/mol. The molecule has 1 saturated carbocycles. The van der Waals surface area contributed by atoms with Crippen LogP contribution in [0.3, 0.4) is 0 Å². The molecule has 3 heterocycles. The highest BCUT2D eigenvalue weighted by molar-refractivity contribution is 5.94. The molecule has 37 heavy (non-hydrogen) atoms. The molecule has 1 aliphatic heterocycles. The smallest absolute Gasteiger partial charge is 0.251 e. The van der Waals surface area contributed by atoms with Crippen LogP contribution in [0.15, 0.2) is 47.3 Å². The molecule has 2 aliphatic rings. The molecule has 2 atom stereocenters. The zero-order valence-corrected chi connectivity index (χ0v) is 20.9. The molecule has 10 nitrogen and oxygen atoms in total. The minimum atomic E-state index is -0.778. The monoisotopic (exact) mass is 507 g/mol. The van der Waals surface area contributed by atoms with Crippen LogP contribution in [0.4, 0.5) is 5.82 Å². The molecule has 5 rings (SSSR count). The van der Waals surface area contributed by atoms with Gasteiger partial charge in [-0.1, -0.05) is 6.07 Å². The van der Waals surface area contributed by atoms with Gasteiger partial charge in [-0.2, -0.15) is 0 Å². The summed E-state index contributed by atoms with van der Waals surface area (Å²) in [7, 11) is 0. The topological polar surface area (TPSA) is 133 Å². The lowest BCUT2D eigenvalue weighted by Gasteiger charge is -2.33. The molecule has 4 N–H and O–H groups in total. The van der Waals surface area contributed by atoms with Crippen LogP contribution < -0.4 is 15.4 Å². The van der Waals surface area contributed by atoms with Crippen molar-refractivity contribution in [3.8, 4) is 5.75 Å². The number of ether oxygens (including phenoxy) is 1. The number of benzene rings is 1. The van der Waals surface area contributed by atoms with Crippen molar-refractivity contribution in [2.24, 2.45) is 0 Å². The van der Waals surface area contributed by atoms with E-state index in [1.807, 2.05) is 30.0 Å². The molecule has 1 aliphatic carbocycles. The second-order valence-electron chi connectivity index (χ2n) is 9.79. The Balaban J connectivity index is 1.10. The summed E-state index contributed by atoms with van der Waals surface area (Å²) in [4.78, 5) is 22.9. The SMILES string of the molecule is Cc1ncoc1COc1ccc2c(c1)[C@H](O)CN(C[C@@H](O)CNC(=O)c1ccnc(NC3CCC3)c1)C2. The second-order valence-corrected chi connectivity index (χ2v) is 9.79. The molecule has 1 amide bonds. The van der Waals surface area contributed by atoms with Crippen LogP contribution in [-0.4, -0.2) is 62.8 Å². The van der Waals surface area contributed by atoms with E-state index < -0.39 is 12.2 Å². The van der Waals surface area contributed by atoms with E-state index in [1.54, 1.807) is 18.3 Å². The molecule has 3 aromatic rings. The van der Waals surface area contributed by atoms with Crippen molar-refractivity contribution < 1.29 is 24.2 Å². The fraction of sp³-hybridized carbons (Fsp3) is 0.444. The number of hydrogen-bond acceptors (Lipinski definition) is 9. The van der Waals surface area contributed by atoms with E-state index in [9.17, 15) is 15.0 Å². The Hall–Kier alpha value is -3.47. The van der Waals surface area contributed by atoms with Gasteiger partial charge in [0.25, 0.3) is 5.91 Å². The fourth-order valence-electron chi connectivity index (χ4n) is 4.61. The lowest BCUT2D eigenvalue weighted by molar-refractivity contribution is 0.0517. The van der Waals surface area contributed by atoms with Crippen LogP contribution in [0.5, 0.6) is 5.75 Å². The van der Waals surface area contributed by atoms with Crippen LogP contribution in [-0.2, 0) is 13.2 Å². The third-order valence-electron chi connectivity index (χ3n) is 6.96. The van der Waals surface area contributed by atoms with Crippen molar-refractivity contribution in [3.05, 3.63) is 71.1 Å². The van der Waals surface area contributed by atoms with Gasteiger partial charge in [-0.25, -0.2) is 9.97 Å². The zero-order valence-electron chi connectivity index (χ0n) is 20.9. The maximum atomic E-state index is 12.6. The van der Waals surface area contributed by atoms with Gasteiger partial charge in [-0.3, -0.25) is 9.69 Å². The quantitative estimate of drug-likeness (QED) is 0.327. The summed E-state index contributed by atoms with van der Waals surface area (Å²) in [5.74, 6) is 1.75. The van der Waals surface area contributed by atoms with Gasteiger partial charge in [0.1, 0.15) is 18.2 Å². The highest BCUT2D eigenvalue weighted by Crippen LogP contribution is 2.30. The third kappa shape index (κ3) is 6.27. The maximum absolute atomic E-state index is 12.6. The van der Waals surface area contributed by atoms with E-state index in [2.05, 4.69) is 20.6 Å². The Morgan fingerprint density at radius 2 is 2.14 bits per heavy atom. The number of aryl methyl sites for hydroxylation is 1. The number of pyridine rings is 1. The van der Waals surface area contributed by atoms with Gasteiger partial charge in [0.15, 0.2) is 12.2 Å². The van der Waals surface area contributed by atoms with Crippen LogP contribution >= 0.6 is 0 Å². The van der Waals surface area contributed by atoms with Crippen molar-refractivity contribution in [1.29, 1.82) is 0 Å². The van der Waals surface area contributed by atoms with E-state index in [-0.39, 0.29) is 19.1 Å². The lowest BCUT2D eigenvalue weighted by atomic mass is 9.93. The highest BCUT2D eigenvalue weighted by atomic mass is 16.5. The number of aliphatic hydroxyl groups excluding tert-OH is 2. The van der Waals surface area contributed by atoms with Crippen molar-refractivity contribution in [2.75, 3.05) is 25.0 Å². The van der Waals surface area contributed by atoms with E-state index in [1.165, 1.54) is 12.8 Å². The summed E-state index contributed by atoms with van der Waals surface area (Å²) in [5, 5.41) is 27.5. The van der Waals surface area contributed by atoms with Crippen LogP contribution in [0.1, 0.15) is 58.3 Å². The molecule has 1 aromatic carbocycles. The predicted molar refractivity (Wildman–Crippen MR) is 136 cm³/mol. The summed E-state index contributed by atoms with van der Waals surface area (Å²) in [6, 6.07) is 9.47. The number of hydrogen-bond donors (Lipinski definition) is 4. The minimum absolute atomic E-state index is 0.111. The molecule has 1 fully saturated rings.